The summed E-state index contributed by atoms with van der Waals surface area (Å²) >= 11 is 1.43. The lowest BCUT2D eigenvalue weighted by molar-refractivity contribution is 0.413. The fourth-order valence-electron chi connectivity index (χ4n) is 2.08. The summed E-state index contributed by atoms with van der Waals surface area (Å²) in [6.07, 6.45) is 1.58. The molecule has 0 aliphatic rings. The molecule has 3 heterocycles. The summed E-state index contributed by atoms with van der Waals surface area (Å²) in [6.45, 7) is 0. The van der Waals surface area contributed by atoms with Gasteiger partial charge in [-0.3, -0.25) is 0 Å². The average Bonchev–Trinajstić information content (AvgIpc) is 3.34. The standard InChI is InChI=1S/C15H11N5O3S/c21-12-5-3-11(4-6-12)20-15(16-18-19-20)24-9-10-8-14(23-17-10)13-2-1-7-22-13/h1-8,21H,9H2. The second-order valence-electron chi connectivity index (χ2n) is 4.84. The summed E-state index contributed by atoms with van der Waals surface area (Å²) in [5.41, 5.74) is 1.52. The number of nitrogens with zero attached hydrogens (tertiary/aromatic N) is 5. The van der Waals surface area contributed by atoms with Crippen molar-refractivity contribution >= 4 is 11.8 Å². The third-order valence-corrected chi connectivity index (χ3v) is 4.16. The number of furan rings is 1. The molecule has 24 heavy (non-hydrogen) atoms. The van der Waals surface area contributed by atoms with Gasteiger partial charge in [-0.25, -0.2) is 0 Å². The van der Waals surface area contributed by atoms with Gasteiger partial charge in [0, 0.05) is 11.8 Å². The number of aromatic nitrogens is 5. The Morgan fingerprint density at radius 2 is 2.00 bits per heavy atom. The summed E-state index contributed by atoms with van der Waals surface area (Å²) < 4.78 is 12.1. The van der Waals surface area contributed by atoms with Gasteiger partial charge in [-0.2, -0.15) is 4.68 Å². The van der Waals surface area contributed by atoms with E-state index in [0.717, 1.165) is 11.4 Å². The zero-order chi connectivity index (χ0) is 16.4. The second kappa shape index (κ2) is 6.20. The highest BCUT2D eigenvalue weighted by atomic mass is 32.2. The van der Waals surface area contributed by atoms with Crippen LogP contribution in [0.4, 0.5) is 0 Å². The second-order valence-corrected chi connectivity index (χ2v) is 5.78. The Bertz CT molecular complexity index is 930. The van der Waals surface area contributed by atoms with Crippen LogP contribution in [0.1, 0.15) is 5.69 Å². The maximum Gasteiger partial charge on any atom is 0.214 e. The molecule has 1 N–H and O–H groups in total. The molecule has 1 aromatic carbocycles. The third kappa shape index (κ3) is 2.88. The van der Waals surface area contributed by atoms with E-state index < -0.39 is 0 Å². The average molecular weight is 341 g/mol. The third-order valence-electron chi connectivity index (χ3n) is 3.21. The molecule has 4 rings (SSSR count). The lowest BCUT2D eigenvalue weighted by Crippen LogP contribution is -1.98. The van der Waals surface area contributed by atoms with Gasteiger partial charge >= 0.3 is 0 Å². The predicted octanol–water partition coefficient (Wildman–Crippen LogP) is 2.91. The van der Waals surface area contributed by atoms with Crippen LogP contribution in [0.2, 0.25) is 0 Å². The highest BCUT2D eigenvalue weighted by molar-refractivity contribution is 7.98. The number of phenols is 1. The molecule has 0 aliphatic heterocycles. The zero-order valence-corrected chi connectivity index (χ0v) is 13.1. The molecule has 0 saturated carbocycles. The molecular weight excluding hydrogens is 330 g/mol. The molecule has 0 radical (unpaired) electrons. The molecule has 0 bridgehead atoms. The highest BCUT2D eigenvalue weighted by Gasteiger charge is 2.13. The first-order valence-electron chi connectivity index (χ1n) is 6.99. The van der Waals surface area contributed by atoms with E-state index in [-0.39, 0.29) is 5.75 Å². The molecule has 0 fully saturated rings. The van der Waals surface area contributed by atoms with E-state index in [2.05, 4.69) is 20.7 Å². The zero-order valence-electron chi connectivity index (χ0n) is 12.2. The van der Waals surface area contributed by atoms with Gasteiger partial charge in [0.1, 0.15) is 5.75 Å². The number of thioether (sulfide) groups is 1. The van der Waals surface area contributed by atoms with Crippen LogP contribution in [0.15, 0.2) is 62.8 Å². The van der Waals surface area contributed by atoms with Crippen molar-refractivity contribution in [3.8, 4) is 23.0 Å². The highest BCUT2D eigenvalue weighted by Crippen LogP contribution is 2.26. The topological polar surface area (TPSA) is 103 Å². The molecule has 0 spiro atoms. The number of aromatic hydroxyl groups is 1. The van der Waals surface area contributed by atoms with Crippen LogP contribution in [-0.2, 0) is 5.75 Å². The Balaban J connectivity index is 1.49. The summed E-state index contributed by atoms with van der Waals surface area (Å²) in [7, 11) is 0. The van der Waals surface area contributed by atoms with Gasteiger partial charge in [0.05, 0.1) is 17.6 Å². The van der Waals surface area contributed by atoms with Crippen molar-refractivity contribution in [2.75, 3.05) is 0 Å². The Morgan fingerprint density at radius 1 is 1.12 bits per heavy atom. The smallest absolute Gasteiger partial charge is 0.214 e. The van der Waals surface area contributed by atoms with Crippen LogP contribution in [0.5, 0.6) is 5.75 Å². The number of hydrogen-bond acceptors (Lipinski definition) is 8. The molecule has 9 heteroatoms. The molecule has 4 aromatic rings. The molecular formula is C15H11N5O3S. The predicted molar refractivity (Wildman–Crippen MR) is 84.6 cm³/mol. The minimum absolute atomic E-state index is 0.189. The van der Waals surface area contributed by atoms with E-state index in [4.69, 9.17) is 8.94 Å². The van der Waals surface area contributed by atoms with Crippen LogP contribution >= 0.6 is 11.8 Å². The van der Waals surface area contributed by atoms with Crippen LogP contribution in [0.3, 0.4) is 0 Å². The summed E-state index contributed by atoms with van der Waals surface area (Å²) in [5.74, 6) is 1.94. The van der Waals surface area contributed by atoms with Crippen molar-refractivity contribution in [1.29, 1.82) is 0 Å². The molecule has 0 atom stereocenters. The fourth-order valence-corrected chi connectivity index (χ4v) is 2.85. The van der Waals surface area contributed by atoms with Crippen molar-refractivity contribution in [2.24, 2.45) is 0 Å². The van der Waals surface area contributed by atoms with Crippen molar-refractivity contribution in [1.82, 2.24) is 25.4 Å². The quantitative estimate of drug-likeness (QED) is 0.553. The number of phenolic OH excluding ortho intramolecular Hbond substituents is 1. The fraction of sp³-hybridized carbons (Fsp3) is 0.0667. The largest absolute Gasteiger partial charge is 0.508 e. The molecule has 120 valence electrons. The van der Waals surface area contributed by atoms with Gasteiger partial charge in [-0.1, -0.05) is 16.9 Å². The van der Waals surface area contributed by atoms with Crippen LogP contribution < -0.4 is 0 Å². The summed E-state index contributed by atoms with van der Waals surface area (Å²) in [5, 5.41) is 25.7. The maximum atomic E-state index is 9.36. The first-order valence-corrected chi connectivity index (χ1v) is 7.98. The summed E-state index contributed by atoms with van der Waals surface area (Å²) in [4.78, 5) is 0. The molecule has 0 aliphatic carbocycles. The maximum absolute atomic E-state index is 9.36. The number of tetrazole rings is 1. The molecule has 3 aromatic heterocycles. The number of benzene rings is 1. The van der Waals surface area contributed by atoms with Gasteiger partial charge in [-0.05, 0) is 46.8 Å². The van der Waals surface area contributed by atoms with Gasteiger partial charge < -0.3 is 14.0 Å². The van der Waals surface area contributed by atoms with E-state index >= 15 is 0 Å². The first kappa shape index (κ1) is 14.5. The van der Waals surface area contributed by atoms with E-state index in [0.29, 0.717) is 22.4 Å². The van der Waals surface area contributed by atoms with Crippen molar-refractivity contribution < 1.29 is 14.0 Å². The van der Waals surface area contributed by atoms with E-state index in [1.165, 1.54) is 11.8 Å². The molecule has 0 amide bonds. The van der Waals surface area contributed by atoms with Crippen molar-refractivity contribution in [3.63, 3.8) is 0 Å². The van der Waals surface area contributed by atoms with Crippen LogP contribution in [0, 0.1) is 0 Å². The van der Waals surface area contributed by atoms with E-state index in [1.54, 1.807) is 41.3 Å². The minimum Gasteiger partial charge on any atom is -0.508 e. The number of rotatable bonds is 5. The Hall–Kier alpha value is -3.07. The van der Waals surface area contributed by atoms with Gasteiger partial charge in [0.15, 0.2) is 5.76 Å². The number of hydrogen-bond donors (Lipinski definition) is 1. The minimum atomic E-state index is 0.189. The molecule has 0 unspecified atom stereocenters. The summed E-state index contributed by atoms with van der Waals surface area (Å²) in [6, 6.07) is 12.1. The van der Waals surface area contributed by atoms with Crippen LogP contribution in [-0.4, -0.2) is 30.5 Å². The Morgan fingerprint density at radius 3 is 2.79 bits per heavy atom. The van der Waals surface area contributed by atoms with Gasteiger partial charge in [0.2, 0.25) is 10.9 Å². The molecule has 8 nitrogen and oxygen atoms in total. The first-order chi connectivity index (χ1) is 11.8. The Kier molecular flexibility index (Phi) is 3.75. The van der Waals surface area contributed by atoms with Crippen LogP contribution in [0.25, 0.3) is 17.2 Å². The van der Waals surface area contributed by atoms with Crippen molar-refractivity contribution in [2.45, 2.75) is 10.9 Å². The van der Waals surface area contributed by atoms with Crippen molar-refractivity contribution in [3.05, 3.63) is 54.4 Å². The Labute approximate surface area is 140 Å². The normalized spacial score (nSPS) is 11.0. The van der Waals surface area contributed by atoms with Gasteiger partial charge in [-0.15, -0.1) is 5.10 Å². The molecule has 0 saturated heterocycles. The monoisotopic (exact) mass is 341 g/mol. The lowest BCUT2D eigenvalue weighted by atomic mass is 10.3. The van der Waals surface area contributed by atoms with E-state index in [1.807, 2.05) is 12.1 Å². The van der Waals surface area contributed by atoms with E-state index in [9.17, 15) is 5.11 Å². The lowest BCUT2D eigenvalue weighted by Gasteiger charge is -2.03. The SMILES string of the molecule is Oc1ccc(-n2nnnc2SCc2cc(-c3ccco3)on2)cc1. The van der Waals surface area contributed by atoms with Gasteiger partial charge in [0.25, 0.3) is 0 Å².